The third-order valence-corrected chi connectivity index (χ3v) is 7.19. The Morgan fingerprint density at radius 1 is 1.10 bits per heavy atom. The van der Waals surface area contributed by atoms with E-state index in [4.69, 9.17) is 4.42 Å². The molecule has 30 heavy (non-hydrogen) atoms. The van der Waals surface area contributed by atoms with Crippen molar-refractivity contribution in [3.8, 4) is 0 Å². The molecule has 0 aliphatic carbocycles. The average molecular weight is 430 g/mol. The number of benzene rings is 1. The van der Waals surface area contributed by atoms with Crippen molar-refractivity contribution in [2.75, 3.05) is 18.4 Å². The molecule has 7 nitrogen and oxygen atoms in total. The number of hydrogen-bond donors (Lipinski definition) is 1. The fourth-order valence-electron chi connectivity index (χ4n) is 3.48. The van der Waals surface area contributed by atoms with E-state index in [2.05, 4.69) is 5.32 Å². The summed E-state index contributed by atoms with van der Waals surface area (Å²) in [5.41, 5.74) is 2.72. The Balaban J connectivity index is 1.84. The van der Waals surface area contributed by atoms with Crippen LogP contribution in [0.25, 0.3) is 0 Å². The third kappa shape index (κ3) is 4.34. The van der Waals surface area contributed by atoms with Crippen molar-refractivity contribution in [2.24, 2.45) is 0 Å². The molecule has 1 amide bonds. The SMILES string of the molecule is CCN(CC)S(=O)(=O)c1cccc(NC(=O)c2cc(C)n(Cc3ccco3)c2C)c1. The normalized spacial score (nSPS) is 11.8. The third-order valence-electron chi connectivity index (χ3n) is 5.15. The summed E-state index contributed by atoms with van der Waals surface area (Å²) < 4.78 is 34.3. The predicted octanol–water partition coefficient (Wildman–Crippen LogP) is 4.03. The summed E-state index contributed by atoms with van der Waals surface area (Å²) in [5.74, 6) is 0.518. The van der Waals surface area contributed by atoms with E-state index >= 15 is 0 Å². The molecule has 160 valence electrons. The van der Waals surface area contributed by atoms with Crippen LogP contribution in [0.4, 0.5) is 5.69 Å². The number of aromatic nitrogens is 1. The molecule has 2 heterocycles. The van der Waals surface area contributed by atoms with Gasteiger partial charge in [0.2, 0.25) is 10.0 Å². The molecule has 8 heteroatoms. The smallest absolute Gasteiger partial charge is 0.257 e. The van der Waals surface area contributed by atoms with Gasteiger partial charge in [0.15, 0.2) is 0 Å². The van der Waals surface area contributed by atoms with Gasteiger partial charge in [-0.1, -0.05) is 19.9 Å². The number of amides is 1. The summed E-state index contributed by atoms with van der Waals surface area (Å²) in [7, 11) is -3.60. The first-order valence-electron chi connectivity index (χ1n) is 9.88. The second-order valence-corrected chi connectivity index (χ2v) is 8.96. The van der Waals surface area contributed by atoms with Crippen molar-refractivity contribution in [1.29, 1.82) is 0 Å². The topological polar surface area (TPSA) is 84.5 Å². The number of rotatable bonds is 8. The van der Waals surface area contributed by atoms with Gasteiger partial charge in [-0.25, -0.2) is 8.42 Å². The molecule has 0 unspecified atom stereocenters. The van der Waals surface area contributed by atoms with Crippen molar-refractivity contribution in [2.45, 2.75) is 39.1 Å². The predicted molar refractivity (Wildman–Crippen MR) is 116 cm³/mol. The van der Waals surface area contributed by atoms with E-state index in [1.807, 2.05) is 36.6 Å². The summed E-state index contributed by atoms with van der Waals surface area (Å²) >= 11 is 0. The molecule has 3 rings (SSSR count). The van der Waals surface area contributed by atoms with Crippen LogP contribution in [0.5, 0.6) is 0 Å². The minimum absolute atomic E-state index is 0.160. The Bertz CT molecular complexity index is 1130. The average Bonchev–Trinajstić information content (AvgIpc) is 3.32. The van der Waals surface area contributed by atoms with Gasteiger partial charge in [0.05, 0.1) is 23.3 Å². The molecule has 0 fully saturated rings. The molecule has 1 N–H and O–H groups in total. The highest BCUT2D eigenvalue weighted by atomic mass is 32.2. The van der Waals surface area contributed by atoms with Crippen LogP contribution in [0, 0.1) is 13.8 Å². The number of sulfonamides is 1. The molecular formula is C22H27N3O4S. The summed E-state index contributed by atoms with van der Waals surface area (Å²) in [4.78, 5) is 13.1. The van der Waals surface area contributed by atoms with E-state index < -0.39 is 10.0 Å². The molecular weight excluding hydrogens is 402 g/mol. The van der Waals surface area contributed by atoms with E-state index in [0.717, 1.165) is 17.1 Å². The van der Waals surface area contributed by atoms with Gasteiger partial charge in [-0.3, -0.25) is 4.79 Å². The molecule has 0 aliphatic rings. The second kappa shape index (κ2) is 8.89. The summed E-state index contributed by atoms with van der Waals surface area (Å²) in [6, 6.07) is 11.9. The van der Waals surface area contributed by atoms with Crippen LogP contribution >= 0.6 is 0 Å². The highest BCUT2D eigenvalue weighted by Gasteiger charge is 2.22. The Morgan fingerprint density at radius 3 is 2.47 bits per heavy atom. The fraction of sp³-hybridized carbons (Fsp3) is 0.318. The van der Waals surface area contributed by atoms with Crippen molar-refractivity contribution in [1.82, 2.24) is 8.87 Å². The van der Waals surface area contributed by atoms with Crippen LogP contribution in [-0.4, -0.2) is 36.3 Å². The van der Waals surface area contributed by atoms with Gasteiger partial charge in [0, 0.05) is 30.2 Å². The Labute approximate surface area is 177 Å². The Morgan fingerprint density at radius 2 is 1.83 bits per heavy atom. The molecule has 1 aromatic carbocycles. The number of nitrogens with zero attached hydrogens (tertiary/aromatic N) is 2. The van der Waals surface area contributed by atoms with Gasteiger partial charge >= 0.3 is 0 Å². The van der Waals surface area contributed by atoms with Crippen LogP contribution in [0.1, 0.15) is 41.4 Å². The van der Waals surface area contributed by atoms with Crippen LogP contribution in [-0.2, 0) is 16.6 Å². The standard InChI is InChI=1S/C22H27N3O4S/c1-5-24(6-2)30(27,28)20-11-7-9-18(14-20)23-22(26)21-13-16(3)25(17(21)4)15-19-10-8-12-29-19/h7-14H,5-6,15H2,1-4H3,(H,23,26). The highest BCUT2D eigenvalue weighted by Crippen LogP contribution is 2.22. The first-order chi connectivity index (χ1) is 14.3. The van der Waals surface area contributed by atoms with E-state index in [9.17, 15) is 13.2 Å². The summed E-state index contributed by atoms with van der Waals surface area (Å²) in [6.07, 6.45) is 1.62. The molecule has 0 spiro atoms. The van der Waals surface area contributed by atoms with Crippen LogP contribution < -0.4 is 5.32 Å². The van der Waals surface area contributed by atoms with Crippen LogP contribution in [0.3, 0.4) is 0 Å². The molecule has 0 saturated carbocycles. The fourth-order valence-corrected chi connectivity index (χ4v) is 4.98. The highest BCUT2D eigenvalue weighted by molar-refractivity contribution is 7.89. The minimum Gasteiger partial charge on any atom is -0.467 e. The number of furan rings is 1. The number of carbonyl (C=O) groups is 1. The van der Waals surface area contributed by atoms with Crippen LogP contribution in [0.15, 0.2) is 58.0 Å². The first kappa shape index (κ1) is 21.9. The molecule has 2 aromatic heterocycles. The van der Waals surface area contributed by atoms with Crippen molar-refractivity contribution >= 4 is 21.6 Å². The van der Waals surface area contributed by atoms with Gasteiger partial charge in [-0.05, 0) is 50.2 Å². The van der Waals surface area contributed by atoms with Crippen molar-refractivity contribution < 1.29 is 17.6 Å². The Kier molecular flexibility index (Phi) is 6.48. The molecule has 0 aliphatic heterocycles. The maximum atomic E-state index is 12.9. The lowest BCUT2D eigenvalue weighted by Gasteiger charge is -2.18. The second-order valence-electron chi connectivity index (χ2n) is 7.02. The van der Waals surface area contributed by atoms with Crippen molar-refractivity contribution in [3.05, 3.63) is 71.4 Å². The first-order valence-corrected chi connectivity index (χ1v) is 11.3. The monoisotopic (exact) mass is 429 g/mol. The van der Waals surface area contributed by atoms with Crippen molar-refractivity contribution in [3.63, 3.8) is 0 Å². The lowest BCUT2D eigenvalue weighted by molar-refractivity contribution is 0.102. The van der Waals surface area contributed by atoms with Crippen LogP contribution in [0.2, 0.25) is 0 Å². The quantitative estimate of drug-likeness (QED) is 0.586. The molecule has 0 radical (unpaired) electrons. The van der Waals surface area contributed by atoms with Gasteiger partial charge < -0.3 is 14.3 Å². The molecule has 0 saturated heterocycles. The number of hydrogen-bond acceptors (Lipinski definition) is 4. The number of anilines is 1. The van der Waals surface area contributed by atoms with E-state index in [-0.39, 0.29) is 10.8 Å². The minimum atomic E-state index is -3.60. The van der Waals surface area contributed by atoms with E-state index in [1.54, 1.807) is 38.3 Å². The molecule has 0 bridgehead atoms. The van der Waals surface area contributed by atoms with Gasteiger partial charge in [0.1, 0.15) is 5.76 Å². The largest absolute Gasteiger partial charge is 0.467 e. The maximum absolute atomic E-state index is 12.9. The van der Waals surface area contributed by atoms with Gasteiger partial charge in [0.25, 0.3) is 5.91 Å². The number of carbonyl (C=O) groups excluding carboxylic acids is 1. The van der Waals surface area contributed by atoms with Gasteiger partial charge in [-0.2, -0.15) is 4.31 Å². The summed E-state index contributed by atoms with van der Waals surface area (Å²) in [6.45, 7) is 8.72. The lowest BCUT2D eigenvalue weighted by atomic mass is 10.2. The zero-order valence-electron chi connectivity index (χ0n) is 17.7. The van der Waals surface area contributed by atoms with Gasteiger partial charge in [-0.15, -0.1) is 0 Å². The zero-order chi connectivity index (χ0) is 21.9. The number of aryl methyl sites for hydroxylation is 1. The zero-order valence-corrected chi connectivity index (χ0v) is 18.5. The lowest BCUT2D eigenvalue weighted by Crippen LogP contribution is -2.30. The summed E-state index contributed by atoms with van der Waals surface area (Å²) in [5, 5.41) is 2.83. The van der Waals surface area contributed by atoms with E-state index in [1.165, 1.54) is 10.4 Å². The maximum Gasteiger partial charge on any atom is 0.257 e. The number of nitrogens with one attached hydrogen (secondary N) is 1. The van der Waals surface area contributed by atoms with E-state index in [0.29, 0.717) is 30.9 Å². The Hall–Kier alpha value is -2.84. The molecule has 0 atom stereocenters. The molecule has 3 aromatic rings.